The molecule has 3 nitrogen and oxygen atoms in total. The molecule has 4 rings (SSSR count). The lowest BCUT2D eigenvalue weighted by Crippen LogP contribution is -2.23. The van der Waals surface area contributed by atoms with Crippen LogP contribution < -0.4 is 0 Å². The lowest BCUT2D eigenvalue weighted by molar-refractivity contribution is -0.121. The van der Waals surface area contributed by atoms with Crippen LogP contribution in [-0.4, -0.2) is 23.0 Å². The number of hydrogen-bond acceptors (Lipinski definition) is 4. The number of rotatable bonds is 3. The summed E-state index contributed by atoms with van der Waals surface area (Å²) >= 11 is 8.97. The van der Waals surface area contributed by atoms with Gasteiger partial charge in [-0.05, 0) is 59.8 Å². The second-order valence-corrected chi connectivity index (χ2v) is 8.47. The third kappa shape index (κ3) is 4.00. The van der Waals surface area contributed by atoms with Crippen molar-refractivity contribution >= 4 is 57.5 Å². The summed E-state index contributed by atoms with van der Waals surface area (Å²) in [5.74, 6) is -0.0395. The van der Waals surface area contributed by atoms with Crippen LogP contribution in [0.3, 0.4) is 0 Å². The Balaban J connectivity index is 1.58. The van der Waals surface area contributed by atoms with Gasteiger partial charge in [-0.1, -0.05) is 41.9 Å². The molecule has 0 bridgehead atoms. The third-order valence-corrected chi connectivity index (χ3v) is 6.41. The molecule has 1 fully saturated rings. The summed E-state index contributed by atoms with van der Waals surface area (Å²) in [6.45, 7) is 0. The summed E-state index contributed by atoms with van der Waals surface area (Å²) in [4.78, 5) is 21.6. The number of thiophene rings is 1. The van der Waals surface area contributed by atoms with Crippen molar-refractivity contribution in [1.29, 1.82) is 0 Å². The second kappa shape index (κ2) is 7.72. The average molecular weight is 411 g/mol. The highest BCUT2D eigenvalue weighted by Gasteiger charge is 2.30. The number of amidine groups is 1. The van der Waals surface area contributed by atoms with Gasteiger partial charge in [0.05, 0.1) is 10.6 Å². The summed E-state index contributed by atoms with van der Waals surface area (Å²) in [6, 6.07) is 21.6. The lowest BCUT2D eigenvalue weighted by Gasteiger charge is -2.06. The van der Waals surface area contributed by atoms with Crippen LogP contribution in [0.1, 0.15) is 4.88 Å². The third-order valence-electron chi connectivity index (χ3n) is 4.01. The topological polar surface area (TPSA) is 32.7 Å². The van der Waals surface area contributed by atoms with Crippen molar-refractivity contribution in [2.24, 2.45) is 4.99 Å². The summed E-state index contributed by atoms with van der Waals surface area (Å²) in [7, 11) is 1.74. The van der Waals surface area contributed by atoms with E-state index < -0.39 is 0 Å². The second-order valence-electron chi connectivity index (χ2n) is 5.91. The first-order valence-corrected chi connectivity index (χ1v) is 10.3. The molecular weight excluding hydrogens is 396 g/mol. The molecule has 27 heavy (non-hydrogen) atoms. The zero-order valence-corrected chi connectivity index (χ0v) is 16.8. The smallest absolute Gasteiger partial charge is 0.266 e. The maximum absolute atomic E-state index is 12.6. The van der Waals surface area contributed by atoms with E-state index in [4.69, 9.17) is 11.6 Å². The monoisotopic (exact) mass is 410 g/mol. The molecule has 2 heterocycles. The van der Waals surface area contributed by atoms with Gasteiger partial charge >= 0.3 is 0 Å². The molecule has 1 aliphatic rings. The Morgan fingerprint density at radius 3 is 2.48 bits per heavy atom. The molecule has 2 aromatic carbocycles. The normalized spacial score (nSPS) is 17.3. The molecule has 0 aliphatic carbocycles. The fourth-order valence-electron chi connectivity index (χ4n) is 2.59. The van der Waals surface area contributed by atoms with Gasteiger partial charge in [0.25, 0.3) is 5.91 Å². The number of likely N-dealkylation sites (N-methyl/N-ethyl adjacent to an activating group) is 1. The Bertz CT molecular complexity index is 1040. The van der Waals surface area contributed by atoms with Crippen LogP contribution >= 0.6 is 34.7 Å². The van der Waals surface area contributed by atoms with Crippen molar-refractivity contribution in [3.05, 3.63) is 81.5 Å². The Hall–Kier alpha value is -2.34. The molecule has 0 atom stereocenters. The van der Waals surface area contributed by atoms with E-state index in [1.807, 2.05) is 42.5 Å². The predicted octanol–water partition coefficient (Wildman–Crippen LogP) is 6.30. The van der Waals surface area contributed by atoms with Crippen LogP contribution in [0.4, 0.5) is 5.69 Å². The van der Waals surface area contributed by atoms with E-state index >= 15 is 0 Å². The van der Waals surface area contributed by atoms with Crippen molar-refractivity contribution in [1.82, 2.24) is 4.90 Å². The molecule has 0 saturated carbocycles. The molecule has 0 spiro atoms. The highest BCUT2D eigenvalue weighted by atomic mass is 35.5. The SMILES string of the molecule is CN1C(=O)/C(=C/c2ccc(-c3ccccc3)s2)S/C1=N/c1ccc(Cl)cc1. The van der Waals surface area contributed by atoms with Crippen molar-refractivity contribution in [2.75, 3.05) is 7.05 Å². The Morgan fingerprint density at radius 1 is 1.00 bits per heavy atom. The number of amides is 1. The van der Waals surface area contributed by atoms with Gasteiger partial charge in [0.1, 0.15) is 0 Å². The molecule has 0 N–H and O–H groups in total. The van der Waals surface area contributed by atoms with Crippen molar-refractivity contribution in [3.8, 4) is 10.4 Å². The maximum Gasteiger partial charge on any atom is 0.266 e. The quantitative estimate of drug-likeness (QED) is 0.474. The zero-order chi connectivity index (χ0) is 18.8. The number of benzene rings is 2. The van der Waals surface area contributed by atoms with E-state index in [0.29, 0.717) is 15.1 Å². The van der Waals surface area contributed by atoms with Crippen LogP contribution in [0.5, 0.6) is 0 Å². The van der Waals surface area contributed by atoms with E-state index in [1.54, 1.807) is 35.4 Å². The number of carbonyl (C=O) groups is 1. The van der Waals surface area contributed by atoms with Crippen molar-refractivity contribution < 1.29 is 4.79 Å². The Labute approximate surface area is 171 Å². The first-order valence-electron chi connectivity index (χ1n) is 8.27. The van der Waals surface area contributed by atoms with Crippen LogP contribution in [0.15, 0.2) is 76.6 Å². The lowest BCUT2D eigenvalue weighted by atomic mass is 10.2. The molecule has 6 heteroatoms. The minimum absolute atomic E-state index is 0.0395. The standard InChI is InChI=1S/C21H15ClN2OS2/c1-24-20(25)19(27-21(24)23-16-9-7-15(22)8-10-16)13-17-11-12-18(26-17)14-5-3-2-4-6-14/h2-13H,1H3/b19-13-,23-21+. The van der Waals surface area contributed by atoms with E-state index in [1.165, 1.54) is 22.2 Å². The van der Waals surface area contributed by atoms with E-state index in [2.05, 4.69) is 23.2 Å². The predicted molar refractivity (Wildman–Crippen MR) is 117 cm³/mol. The van der Waals surface area contributed by atoms with Crippen molar-refractivity contribution in [2.45, 2.75) is 0 Å². The zero-order valence-electron chi connectivity index (χ0n) is 14.4. The molecule has 1 amide bonds. The van der Waals surface area contributed by atoms with Crippen LogP contribution in [-0.2, 0) is 4.79 Å². The molecule has 1 saturated heterocycles. The number of aliphatic imine (C=N–C) groups is 1. The fraction of sp³-hybridized carbons (Fsp3) is 0.0476. The van der Waals surface area contributed by atoms with E-state index in [-0.39, 0.29) is 5.91 Å². The first kappa shape index (κ1) is 18.0. The Kier molecular flexibility index (Phi) is 5.16. The number of halogens is 1. The maximum atomic E-state index is 12.6. The van der Waals surface area contributed by atoms with Gasteiger partial charge in [0, 0.05) is 21.8 Å². The number of carbonyl (C=O) groups excluding carboxylic acids is 1. The van der Waals surface area contributed by atoms with Gasteiger partial charge in [-0.2, -0.15) is 0 Å². The van der Waals surface area contributed by atoms with E-state index in [9.17, 15) is 4.79 Å². The van der Waals surface area contributed by atoms with E-state index in [0.717, 1.165) is 10.6 Å². The van der Waals surface area contributed by atoms with Crippen LogP contribution in [0, 0.1) is 0 Å². The molecule has 3 aromatic rings. The molecule has 1 aromatic heterocycles. The van der Waals surface area contributed by atoms with Gasteiger partial charge in [-0.15, -0.1) is 11.3 Å². The number of nitrogens with zero attached hydrogens (tertiary/aromatic N) is 2. The van der Waals surface area contributed by atoms with Gasteiger partial charge in [0.2, 0.25) is 0 Å². The van der Waals surface area contributed by atoms with Crippen LogP contribution in [0.2, 0.25) is 5.02 Å². The number of thioether (sulfide) groups is 1. The number of hydrogen-bond donors (Lipinski definition) is 0. The molecular formula is C21H15ClN2OS2. The van der Waals surface area contributed by atoms with Gasteiger partial charge in [0.15, 0.2) is 5.17 Å². The van der Waals surface area contributed by atoms with Crippen LogP contribution in [0.25, 0.3) is 16.5 Å². The fourth-order valence-corrected chi connectivity index (χ4v) is 4.73. The summed E-state index contributed by atoms with van der Waals surface area (Å²) < 4.78 is 0. The first-order chi connectivity index (χ1) is 13.1. The highest BCUT2D eigenvalue weighted by molar-refractivity contribution is 8.18. The average Bonchev–Trinajstić information content (AvgIpc) is 3.26. The summed E-state index contributed by atoms with van der Waals surface area (Å²) in [5.41, 5.74) is 1.95. The minimum atomic E-state index is -0.0395. The minimum Gasteiger partial charge on any atom is -0.290 e. The highest BCUT2D eigenvalue weighted by Crippen LogP contribution is 2.36. The van der Waals surface area contributed by atoms with Gasteiger partial charge in [-0.25, -0.2) is 4.99 Å². The molecule has 1 aliphatic heterocycles. The summed E-state index contributed by atoms with van der Waals surface area (Å²) in [5, 5.41) is 1.32. The molecule has 134 valence electrons. The summed E-state index contributed by atoms with van der Waals surface area (Å²) in [6.07, 6.45) is 1.94. The largest absolute Gasteiger partial charge is 0.290 e. The molecule has 0 unspecified atom stereocenters. The van der Waals surface area contributed by atoms with Gasteiger partial charge < -0.3 is 0 Å². The van der Waals surface area contributed by atoms with Gasteiger partial charge in [-0.3, -0.25) is 9.69 Å². The van der Waals surface area contributed by atoms with Crippen molar-refractivity contribution in [3.63, 3.8) is 0 Å². The Morgan fingerprint density at radius 2 is 1.74 bits per heavy atom. The molecule has 0 radical (unpaired) electrons.